The van der Waals surface area contributed by atoms with Crippen molar-refractivity contribution in [3.8, 4) is 0 Å². The summed E-state index contributed by atoms with van der Waals surface area (Å²) in [6.45, 7) is 0. The summed E-state index contributed by atoms with van der Waals surface area (Å²) in [5.41, 5.74) is 1.06. The summed E-state index contributed by atoms with van der Waals surface area (Å²) in [5, 5.41) is 10.2. The first-order chi connectivity index (χ1) is 25.1. The van der Waals surface area contributed by atoms with E-state index in [2.05, 4.69) is 27.1 Å². The number of carbonyl (C=O) groups excluding carboxylic acids is 6. The molecule has 2 aromatic rings. The summed E-state index contributed by atoms with van der Waals surface area (Å²) in [5.74, 6) is -4.99. The van der Waals surface area contributed by atoms with E-state index in [-0.39, 0.29) is 36.5 Å². The molecule has 4 amide bonds. The van der Waals surface area contributed by atoms with Gasteiger partial charge in [0.25, 0.3) is 0 Å². The van der Waals surface area contributed by atoms with Gasteiger partial charge < -0.3 is 33.5 Å². The minimum absolute atomic E-state index is 0.111. The molecule has 8 rings (SSSR count). The standard InChI is InChI=1S/C20H21NO8.C15H15NO5.S2/c1-26-11(22)8-9-12(23)28-18-16-14-13(15(29-16)17(18)27-2)19(24)21(20(14)25)10-6-4-3-5-7-10;1-20-13-10(17)11-8-9(12(13)21-11)15(19)16(14(8)18)7-5-3-2-4-6-7;1-2/h3-7,13-18H,8-9H2,1-2H3;2-6,8-13,17H,1H3;. The number of rotatable bonds is 8. The Morgan fingerprint density at radius 2 is 1.00 bits per heavy atom. The first kappa shape index (κ1) is 37.7. The molecule has 6 heterocycles. The molecule has 4 bridgehead atoms. The largest absolute Gasteiger partial charge is 0.469 e. The third-order valence-electron chi connectivity index (χ3n) is 10.4. The fraction of sp³-hybridized carbons (Fsp3) is 0.486. The van der Waals surface area contributed by atoms with E-state index < -0.39 is 84.4 Å². The number of hydrogen-bond donors (Lipinski definition) is 1. The Balaban J connectivity index is 0.000000178. The first-order valence-electron chi connectivity index (χ1n) is 16.5. The van der Waals surface area contributed by atoms with Gasteiger partial charge in [0.15, 0.2) is 6.10 Å². The highest BCUT2D eigenvalue weighted by atomic mass is 32.8. The number of imide groups is 2. The third kappa shape index (κ3) is 6.13. The Kier molecular flexibility index (Phi) is 11.2. The van der Waals surface area contributed by atoms with Crippen molar-refractivity contribution in [2.75, 3.05) is 31.1 Å². The molecular weight excluding hydrogens is 721 g/mol. The SMILES string of the molecule is COC(=O)CCC(=O)OC1C(OC)C2OC1C1C(=O)N(c3ccccc3)C(=O)C21.COC1C(O)C2OC1C1C(=O)N(c3ccccc3)C(=O)C21.S=S. The molecule has 0 spiro atoms. The lowest BCUT2D eigenvalue weighted by molar-refractivity contribution is -0.162. The van der Waals surface area contributed by atoms with Crippen LogP contribution in [0, 0.1) is 23.7 Å². The van der Waals surface area contributed by atoms with Crippen molar-refractivity contribution in [3.63, 3.8) is 0 Å². The zero-order valence-electron chi connectivity index (χ0n) is 28.2. The van der Waals surface area contributed by atoms with Crippen LogP contribution in [0.1, 0.15) is 12.8 Å². The van der Waals surface area contributed by atoms with Crippen LogP contribution in [0.3, 0.4) is 0 Å². The normalized spacial score (nSPS) is 34.7. The minimum atomic E-state index is -0.867. The molecule has 52 heavy (non-hydrogen) atoms. The van der Waals surface area contributed by atoms with Crippen LogP contribution in [0.4, 0.5) is 11.4 Å². The molecule has 0 saturated carbocycles. The van der Waals surface area contributed by atoms with E-state index in [1.807, 2.05) is 6.07 Å². The van der Waals surface area contributed by atoms with Crippen LogP contribution in [0.25, 0.3) is 0 Å². The van der Waals surface area contributed by atoms with Gasteiger partial charge in [-0.25, -0.2) is 9.80 Å². The minimum Gasteiger partial charge on any atom is -0.469 e. The molecule has 0 aromatic heterocycles. The molecule has 1 N–H and O–H groups in total. The van der Waals surface area contributed by atoms with Crippen LogP contribution in [0.5, 0.6) is 0 Å². The molecule has 6 saturated heterocycles. The topological polar surface area (TPSA) is 185 Å². The molecule has 0 aliphatic carbocycles. The molecule has 6 aliphatic rings. The maximum Gasteiger partial charge on any atom is 0.306 e. The summed E-state index contributed by atoms with van der Waals surface area (Å²) in [6, 6.07) is 17.5. The lowest BCUT2D eigenvalue weighted by Crippen LogP contribution is -2.50. The van der Waals surface area contributed by atoms with Crippen LogP contribution in [0.15, 0.2) is 60.7 Å². The third-order valence-corrected chi connectivity index (χ3v) is 10.4. The number of para-hydroxylation sites is 2. The zero-order chi connectivity index (χ0) is 37.4. The molecule has 6 aliphatic heterocycles. The van der Waals surface area contributed by atoms with Crippen molar-refractivity contribution >= 4 is 69.3 Å². The average Bonchev–Trinajstić information content (AvgIpc) is 4.00. The van der Waals surface area contributed by atoms with E-state index in [4.69, 9.17) is 23.7 Å². The molecule has 0 radical (unpaired) electrons. The van der Waals surface area contributed by atoms with Gasteiger partial charge >= 0.3 is 11.9 Å². The van der Waals surface area contributed by atoms with Gasteiger partial charge in [-0.3, -0.25) is 28.8 Å². The van der Waals surface area contributed by atoms with Crippen molar-refractivity contribution in [2.45, 2.75) is 61.7 Å². The quantitative estimate of drug-likeness (QED) is 0.288. The van der Waals surface area contributed by atoms with Gasteiger partial charge in [0.05, 0.1) is 67.2 Å². The first-order valence-corrected chi connectivity index (χ1v) is 17.8. The Hall–Kier alpha value is -4.10. The fourth-order valence-corrected chi connectivity index (χ4v) is 8.26. The number of aliphatic hydroxyl groups excluding tert-OH is 1. The Morgan fingerprint density at radius 3 is 1.44 bits per heavy atom. The summed E-state index contributed by atoms with van der Waals surface area (Å²) in [4.78, 5) is 77.1. The van der Waals surface area contributed by atoms with Crippen molar-refractivity contribution in [1.82, 2.24) is 0 Å². The van der Waals surface area contributed by atoms with E-state index in [0.717, 1.165) is 0 Å². The average molecular weight is 757 g/mol. The smallest absolute Gasteiger partial charge is 0.306 e. The number of aliphatic hydroxyl groups is 1. The van der Waals surface area contributed by atoms with Crippen LogP contribution in [-0.2, 0) is 79.6 Å². The van der Waals surface area contributed by atoms with Crippen LogP contribution >= 0.6 is 0 Å². The highest BCUT2D eigenvalue weighted by Gasteiger charge is 2.71. The van der Waals surface area contributed by atoms with Crippen LogP contribution in [-0.4, -0.2) is 111 Å². The van der Waals surface area contributed by atoms with Gasteiger partial charge in [0.1, 0.15) is 30.5 Å². The van der Waals surface area contributed by atoms with Gasteiger partial charge in [-0.1, -0.05) is 36.4 Å². The molecule has 276 valence electrons. The van der Waals surface area contributed by atoms with Gasteiger partial charge in [0.2, 0.25) is 23.6 Å². The number of ether oxygens (including phenoxy) is 6. The van der Waals surface area contributed by atoms with E-state index in [0.29, 0.717) is 11.4 Å². The monoisotopic (exact) mass is 756 g/mol. The van der Waals surface area contributed by atoms with Crippen molar-refractivity contribution in [1.29, 1.82) is 0 Å². The van der Waals surface area contributed by atoms with Crippen molar-refractivity contribution in [3.05, 3.63) is 60.7 Å². The van der Waals surface area contributed by atoms with Crippen LogP contribution < -0.4 is 9.80 Å². The Labute approximate surface area is 308 Å². The second-order valence-corrected chi connectivity index (χ2v) is 12.9. The number of esters is 2. The number of carbonyl (C=O) groups is 6. The van der Waals surface area contributed by atoms with E-state index in [1.54, 1.807) is 54.6 Å². The predicted octanol–water partition coefficient (Wildman–Crippen LogP) is 0.398. The van der Waals surface area contributed by atoms with E-state index >= 15 is 0 Å². The number of benzene rings is 2. The Morgan fingerprint density at radius 1 is 0.615 bits per heavy atom. The number of anilines is 2. The van der Waals surface area contributed by atoms with E-state index in [1.165, 1.54) is 31.1 Å². The summed E-state index contributed by atoms with van der Waals surface area (Å²) >= 11 is 7.33. The van der Waals surface area contributed by atoms with Gasteiger partial charge in [0, 0.05) is 36.6 Å². The lowest BCUT2D eigenvalue weighted by atomic mass is 9.78. The molecule has 2 aromatic carbocycles. The van der Waals surface area contributed by atoms with E-state index in [9.17, 15) is 33.9 Å². The lowest BCUT2D eigenvalue weighted by Gasteiger charge is -2.31. The number of fused-ring (bicyclic) bond motifs is 10. The number of amides is 4. The van der Waals surface area contributed by atoms with Gasteiger partial charge in [-0.15, -0.1) is 0 Å². The van der Waals surface area contributed by atoms with Gasteiger partial charge in [-0.05, 0) is 24.3 Å². The number of methoxy groups -OCH3 is 3. The highest BCUT2D eigenvalue weighted by molar-refractivity contribution is 8.07. The fourth-order valence-electron chi connectivity index (χ4n) is 8.26. The van der Waals surface area contributed by atoms with Crippen LogP contribution in [0.2, 0.25) is 0 Å². The summed E-state index contributed by atoms with van der Waals surface area (Å²) in [7, 11) is 4.15. The maximum atomic E-state index is 13.1. The molecule has 17 heteroatoms. The Bertz CT molecular complexity index is 1720. The molecule has 6 fully saturated rings. The van der Waals surface area contributed by atoms with Crippen molar-refractivity contribution < 1.29 is 62.3 Å². The zero-order valence-corrected chi connectivity index (χ0v) is 29.8. The maximum absolute atomic E-state index is 13.1. The predicted molar refractivity (Wildman–Crippen MR) is 183 cm³/mol. The number of hydrogen-bond acceptors (Lipinski definition) is 15. The second kappa shape index (κ2) is 15.5. The molecule has 12 unspecified atom stereocenters. The summed E-state index contributed by atoms with van der Waals surface area (Å²) < 4.78 is 32.2. The number of nitrogens with zero attached hydrogens (tertiary/aromatic N) is 2. The summed E-state index contributed by atoms with van der Waals surface area (Å²) in [6.07, 6.45) is -5.85. The van der Waals surface area contributed by atoms with Gasteiger partial charge in [-0.2, -0.15) is 0 Å². The van der Waals surface area contributed by atoms with Crippen molar-refractivity contribution in [2.24, 2.45) is 23.7 Å². The molecular formula is C35H36N2O13S2. The molecule has 15 nitrogen and oxygen atoms in total. The second-order valence-electron chi connectivity index (χ2n) is 12.9. The molecule has 12 atom stereocenters. The highest BCUT2D eigenvalue weighted by Crippen LogP contribution is 2.52.